The van der Waals surface area contributed by atoms with Gasteiger partial charge in [-0.05, 0) is 25.3 Å². The largest absolute Gasteiger partial charge is 0.388 e. The summed E-state index contributed by atoms with van der Waals surface area (Å²) >= 11 is 7.24. The molecule has 1 rings (SSSR count). The van der Waals surface area contributed by atoms with Gasteiger partial charge in [0.25, 0.3) is 0 Å². The SMILES string of the molecule is CSCC(C)(O)CNCc1ccc(Cl)cc1F. The summed E-state index contributed by atoms with van der Waals surface area (Å²) in [4.78, 5) is 0. The molecule has 2 N–H and O–H groups in total. The zero-order chi connectivity index (χ0) is 12.9. The summed E-state index contributed by atoms with van der Waals surface area (Å²) in [5.74, 6) is 0.317. The highest BCUT2D eigenvalue weighted by atomic mass is 35.5. The summed E-state index contributed by atoms with van der Waals surface area (Å²) in [6.07, 6.45) is 1.94. The van der Waals surface area contributed by atoms with Gasteiger partial charge in [0.05, 0.1) is 5.60 Å². The van der Waals surface area contributed by atoms with E-state index in [0.717, 1.165) is 0 Å². The maximum absolute atomic E-state index is 13.4. The van der Waals surface area contributed by atoms with Crippen molar-refractivity contribution in [3.63, 3.8) is 0 Å². The Kier molecular flexibility index (Phi) is 5.73. The first kappa shape index (κ1) is 14.8. The fraction of sp³-hybridized carbons (Fsp3) is 0.500. The fourth-order valence-electron chi connectivity index (χ4n) is 1.49. The third-order valence-electron chi connectivity index (χ3n) is 2.29. The van der Waals surface area contributed by atoms with E-state index in [4.69, 9.17) is 11.6 Å². The second kappa shape index (κ2) is 6.59. The van der Waals surface area contributed by atoms with E-state index in [1.165, 1.54) is 6.07 Å². The Morgan fingerprint density at radius 3 is 2.82 bits per heavy atom. The molecule has 96 valence electrons. The van der Waals surface area contributed by atoms with Crippen LogP contribution in [0, 0.1) is 5.82 Å². The van der Waals surface area contributed by atoms with Crippen LogP contribution in [-0.2, 0) is 6.54 Å². The van der Waals surface area contributed by atoms with E-state index in [2.05, 4.69) is 5.32 Å². The van der Waals surface area contributed by atoms with Crippen LogP contribution in [0.2, 0.25) is 5.02 Å². The zero-order valence-corrected chi connectivity index (χ0v) is 11.5. The van der Waals surface area contributed by atoms with Gasteiger partial charge in [-0.15, -0.1) is 0 Å². The molecule has 1 aromatic rings. The maximum atomic E-state index is 13.4. The first-order valence-electron chi connectivity index (χ1n) is 5.30. The molecule has 0 bridgehead atoms. The molecule has 0 aromatic heterocycles. The number of aliphatic hydroxyl groups is 1. The van der Waals surface area contributed by atoms with Gasteiger partial charge >= 0.3 is 0 Å². The molecule has 0 aliphatic heterocycles. The lowest BCUT2D eigenvalue weighted by Gasteiger charge is -2.22. The van der Waals surface area contributed by atoms with Crippen LogP contribution < -0.4 is 5.32 Å². The Balaban J connectivity index is 2.46. The predicted molar refractivity (Wildman–Crippen MR) is 72.1 cm³/mol. The molecule has 17 heavy (non-hydrogen) atoms. The summed E-state index contributed by atoms with van der Waals surface area (Å²) in [6, 6.07) is 4.59. The number of benzene rings is 1. The fourth-order valence-corrected chi connectivity index (χ4v) is 2.38. The van der Waals surface area contributed by atoms with Crippen molar-refractivity contribution in [2.24, 2.45) is 0 Å². The third-order valence-corrected chi connectivity index (χ3v) is 3.44. The summed E-state index contributed by atoms with van der Waals surface area (Å²) in [5.41, 5.74) is -0.225. The zero-order valence-electron chi connectivity index (χ0n) is 9.96. The topological polar surface area (TPSA) is 32.3 Å². The molecule has 1 aromatic carbocycles. The Hall–Kier alpha value is -0.290. The number of nitrogens with one attached hydrogen (secondary N) is 1. The first-order chi connectivity index (χ1) is 7.94. The van der Waals surface area contributed by atoms with Gasteiger partial charge in [-0.25, -0.2) is 4.39 Å². The molecule has 0 aliphatic rings. The van der Waals surface area contributed by atoms with Gasteiger partial charge in [-0.2, -0.15) is 11.8 Å². The third kappa shape index (κ3) is 5.25. The Morgan fingerprint density at radius 1 is 1.53 bits per heavy atom. The van der Waals surface area contributed by atoms with E-state index in [-0.39, 0.29) is 5.82 Å². The summed E-state index contributed by atoms with van der Waals surface area (Å²) < 4.78 is 13.4. The van der Waals surface area contributed by atoms with Gasteiger partial charge in [-0.1, -0.05) is 17.7 Å². The highest BCUT2D eigenvalue weighted by Crippen LogP contribution is 2.15. The van der Waals surface area contributed by atoms with Gasteiger partial charge in [0, 0.05) is 29.4 Å². The van der Waals surface area contributed by atoms with Gasteiger partial charge in [-0.3, -0.25) is 0 Å². The van der Waals surface area contributed by atoms with Crippen molar-refractivity contribution in [3.8, 4) is 0 Å². The van der Waals surface area contributed by atoms with Crippen LogP contribution in [0.15, 0.2) is 18.2 Å². The van der Waals surface area contributed by atoms with Crippen molar-refractivity contribution >= 4 is 23.4 Å². The standard InChI is InChI=1S/C12H17ClFNOS/c1-12(16,8-17-2)7-15-6-9-3-4-10(13)5-11(9)14/h3-5,15-16H,6-8H2,1-2H3. The lowest BCUT2D eigenvalue weighted by Crippen LogP contribution is -2.39. The van der Waals surface area contributed by atoms with E-state index < -0.39 is 5.60 Å². The minimum atomic E-state index is -0.775. The maximum Gasteiger partial charge on any atom is 0.129 e. The van der Waals surface area contributed by atoms with E-state index in [1.807, 2.05) is 6.26 Å². The molecule has 0 heterocycles. The lowest BCUT2D eigenvalue weighted by molar-refractivity contribution is 0.0845. The van der Waals surface area contributed by atoms with Crippen LogP contribution in [-0.4, -0.2) is 29.3 Å². The number of hydrogen-bond acceptors (Lipinski definition) is 3. The summed E-state index contributed by atoms with van der Waals surface area (Å²) in [6.45, 7) is 2.57. The van der Waals surface area contributed by atoms with Crippen molar-refractivity contribution in [1.29, 1.82) is 0 Å². The number of rotatable bonds is 6. The highest BCUT2D eigenvalue weighted by molar-refractivity contribution is 7.98. The molecular weight excluding hydrogens is 261 g/mol. The monoisotopic (exact) mass is 277 g/mol. The van der Waals surface area contributed by atoms with Crippen molar-refractivity contribution in [1.82, 2.24) is 5.32 Å². The van der Waals surface area contributed by atoms with Gasteiger partial charge in [0.15, 0.2) is 0 Å². The Bertz CT molecular complexity index is 374. The molecule has 0 amide bonds. The molecule has 1 unspecified atom stereocenters. The molecule has 5 heteroatoms. The average Bonchev–Trinajstić information content (AvgIpc) is 2.21. The van der Waals surface area contributed by atoms with Crippen LogP contribution in [0.5, 0.6) is 0 Å². The number of thioether (sulfide) groups is 1. The molecule has 0 saturated carbocycles. The molecule has 0 radical (unpaired) electrons. The molecule has 0 spiro atoms. The van der Waals surface area contributed by atoms with Crippen molar-refractivity contribution in [3.05, 3.63) is 34.6 Å². The van der Waals surface area contributed by atoms with Gasteiger partial charge < -0.3 is 10.4 Å². The average molecular weight is 278 g/mol. The van der Waals surface area contributed by atoms with Gasteiger partial charge in [0.2, 0.25) is 0 Å². The summed E-state index contributed by atoms with van der Waals surface area (Å²) in [5, 5.41) is 13.3. The van der Waals surface area contributed by atoms with Crippen molar-refractivity contribution in [2.75, 3.05) is 18.6 Å². The van der Waals surface area contributed by atoms with E-state index in [1.54, 1.807) is 30.8 Å². The molecular formula is C12H17ClFNOS. The molecule has 1 atom stereocenters. The van der Waals surface area contributed by atoms with E-state index in [9.17, 15) is 9.50 Å². The normalized spacial score (nSPS) is 14.6. The quantitative estimate of drug-likeness (QED) is 0.839. The first-order valence-corrected chi connectivity index (χ1v) is 7.08. The summed E-state index contributed by atoms with van der Waals surface area (Å²) in [7, 11) is 0. The van der Waals surface area contributed by atoms with Crippen molar-refractivity contribution in [2.45, 2.75) is 19.1 Å². The van der Waals surface area contributed by atoms with Crippen LogP contribution in [0.4, 0.5) is 4.39 Å². The lowest BCUT2D eigenvalue weighted by atomic mass is 10.1. The molecule has 0 fully saturated rings. The van der Waals surface area contributed by atoms with Gasteiger partial charge in [0.1, 0.15) is 5.82 Å². The van der Waals surface area contributed by atoms with E-state index >= 15 is 0 Å². The molecule has 0 aliphatic carbocycles. The second-order valence-electron chi connectivity index (χ2n) is 4.27. The molecule has 0 saturated heterocycles. The molecule has 2 nitrogen and oxygen atoms in total. The predicted octanol–water partition coefficient (Wildman–Crippen LogP) is 2.68. The van der Waals surface area contributed by atoms with Crippen molar-refractivity contribution < 1.29 is 9.50 Å². The number of hydrogen-bond donors (Lipinski definition) is 2. The van der Waals surface area contributed by atoms with Crippen LogP contribution in [0.25, 0.3) is 0 Å². The minimum absolute atomic E-state index is 0.325. The van der Waals surface area contributed by atoms with Crippen LogP contribution >= 0.6 is 23.4 Å². The van der Waals surface area contributed by atoms with Crippen LogP contribution in [0.1, 0.15) is 12.5 Å². The Morgan fingerprint density at radius 2 is 2.24 bits per heavy atom. The minimum Gasteiger partial charge on any atom is -0.388 e. The smallest absolute Gasteiger partial charge is 0.129 e. The highest BCUT2D eigenvalue weighted by Gasteiger charge is 2.18. The Labute approximate surface area is 111 Å². The second-order valence-corrected chi connectivity index (χ2v) is 5.57. The van der Waals surface area contributed by atoms with Crippen LogP contribution in [0.3, 0.4) is 0 Å². The van der Waals surface area contributed by atoms with E-state index in [0.29, 0.717) is 29.4 Å². The number of halogens is 2.